The van der Waals surface area contributed by atoms with Crippen molar-refractivity contribution in [3.63, 3.8) is 0 Å². The summed E-state index contributed by atoms with van der Waals surface area (Å²) in [5, 5.41) is 1.65. The zero-order valence-electron chi connectivity index (χ0n) is 12.2. The highest BCUT2D eigenvalue weighted by Gasteiger charge is 2.23. The normalized spacial score (nSPS) is 19.5. The Labute approximate surface area is 120 Å². The summed E-state index contributed by atoms with van der Waals surface area (Å²) in [7, 11) is 3.68. The molecule has 0 N–H and O–H groups in total. The lowest BCUT2D eigenvalue weighted by molar-refractivity contribution is -0.00334. The molecule has 0 aromatic heterocycles. The van der Waals surface area contributed by atoms with Gasteiger partial charge in [0.15, 0.2) is 0 Å². The van der Waals surface area contributed by atoms with Crippen molar-refractivity contribution >= 4 is 0 Å². The van der Waals surface area contributed by atoms with Crippen LogP contribution in [-0.2, 0) is 0 Å². The molecule has 5 heteroatoms. The third kappa shape index (κ3) is 4.65. The second kappa shape index (κ2) is 7.45. The second-order valence-electron chi connectivity index (χ2n) is 5.25. The van der Waals surface area contributed by atoms with E-state index >= 15 is 0 Å². The molecule has 1 atom stereocenters. The molecule has 1 aliphatic heterocycles. The van der Waals surface area contributed by atoms with Gasteiger partial charge in [-0.15, -0.1) is 0 Å². The number of halogens is 1. The van der Waals surface area contributed by atoms with Crippen LogP contribution in [0.15, 0.2) is 24.3 Å². The highest BCUT2D eigenvalue weighted by molar-refractivity contribution is 5.31. The van der Waals surface area contributed by atoms with Crippen LogP contribution in [0, 0.1) is 0 Å². The van der Waals surface area contributed by atoms with Gasteiger partial charge in [0.2, 0.25) is 0 Å². The maximum absolute atomic E-state index is 12.1. The third-order valence-corrected chi connectivity index (χ3v) is 3.25. The van der Waals surface area contributed by atoms with Crippen molar-refractivity contribution in [2.75, 3.05) is 40.4 Å². The lowest BCUT2D eigenvalue weighted by atomic mass is 10.3. The minimum absolute atomic E-state index is 0.204. The Bertz CT molecular complexity index is 397. The number of benzene rings is 1. The zero-order chi connectivity index (χ0) is 14.4. The first-order valence-electron chi connectivity index (χ1n) is 7.07. The first-order chi connectivity index (χ1) is 9.67. The van der Waals surface area contributed by atoms with Crippen LogP contribution in [0.1, 0.15) is 12.8 Å². The molecule has 0 radical (unpaired) electrons. The molecule has 0 saturated carbocycles. The summed E-state index contributed by atoms with van der Waals surface area (Å²) in [4.78, 5) is 7.69. The molecule has 1 aromatic carbocycles. The Kier molecular flexibility index (Phi) is 5.61. The van der Waals surface area contributed by atoms with Crippen molar-refractivity contribution in [3.8, 4) is 11.5 Å². The van der Waals surface area contributed by atoms with Crippen molar-refractivity contribution in [1.29, 1.82) is 0 Å². The molecule has 0 spiro atoms. The first kappa shape index (κ1) is 15.1. The van der Waals surface area contributed by atoms with Crippen LogP contribution >= 0.6 is 0 Å². The molecule has 4 nitrogen and oxygen atoms in total. The number of alkyl halides is 1. The summed E-state index contributed by atoms with van der Waals surface area (Å²) < 4.78 is 18.1. The quantitative estimate of drug-likeness (QED) is 0.717. The number of hydrogen-bond acceptors (Lipinski definition) is 4. The van der Waals surface area contributed by atoms with E-state index in [1.807, 2.05) is 38.4 Å². The summed E-state index contributed by atoms with van der Waals surface area (Å²) >= 11 is 0. The Hall–Kier alpha value is -1.33. The SMILES string of the molecule is CN(C)Oc1ccc(O[C@H]2CCN(CCCF)C2)cc1. The van der Waals surface area contributed by atoms with Crippen LogP contribution in [0.4, 0.5) is 4.39 Å². The zero-order valence-corrected chi connectivity index (χ0v) is 12.2. The van der Waals surface area contributed by atoms with Crippen LogP contribution < -0.4 is 9.57 Å². The van der Waals surface area contributed by atoms with Crippen LogP contribution in [0.2, 0.25) is 0 Å². The van der Waals surface area contributed by atoms with E-state index in [9.17, 15) is 4.39 Å². The molecule has 1 fully saturated rings. The summed E-state index contributed by atoms with van der Waals surface area (Å²) in [6.45, 7) is 2.46. The van der Waals surface area contributed by atoms with E-state index in [0.29, 0.717) is 6.42 Å². The van der Waals surface area contributed by atoms with Crippen molar-refractivity contribution in [2.45, 2.75) is 18.9 Å². The van der Waals surface area contributed by atoms with Crippen LogP contribution in [0.5, 0.6) is 11.5 Å². The molecule has 1 saturated heterocycles. The summed E-state index contributed by atoms with van der Waals surface area (Å²) in [6, 6.07) is 7.63. The van der Waals surface area contributed by atoms with Gasteiger partial charge in [-0.05, 0) is 37.1 Å². The number of likely N-dealkylation sites (tertiary alicyclic amines) is 1. The van der Waals surface area contributed by atoms with Crippen molar-refractivity contribution < 1.29 is 14.0 Å². The first-order valence-corrected chi connectivity index (χ1v) is 7.07. The third-order valence-electron chi connectivity index (χ3n) is 3.25. The molecule has 20 heavy (non-hydrogen) atoms. The van der Waals surface area contributed by atoms with E-state index in [0.717, 1.165) is 37.6 Å². The summed E-state index contributed by atoms with van der Waals surface area (Å²) in [5.41, 5.74) is 0. The average Bonchev–Trinajstić information content (AvgIpc) is 2.86. The molecule has 1 aromatic rings. The van der Waals surface area contributed by atoms with Gasteiger partial charge in [0, 0.05) is 33.7 Å². The lowest BCUT2D eigenvalue weighted by Crippen LogP contribution is -2.26. The van der Waals surface area contributed by atoms with Gasteiger partial charge >= 0.3 is 0 Å². The van der Waals surface area contributed by atoms with E-state index < -0.39 is 0 Å². The van der Waals surface area contributed by atoms with Crippen LogP contribution in [-0.4, -0.2) is 56.5 Å². The van der Waals surface area contributed by atoms with Gasteiger partial charge in [0.25, 0.3) is 0 Å². The molecule has 0 bridgehead atoms. The number of nitrogens with zero attached hydrogens (tertiary/aromatic N) is 2. The Morgan fingerprint density at radius 3 is 2.60 bits per heavy atom. The Morgan fingerprint density at radius 1 is 1.25 bits per heavy atom. The lowest BCUT2D eigenvalue weighted by Gasteiger charge is -2.17. The van der Waals surface area contributed by atoms with E-state index in [-0.39, 0.29) is 12.8 Å². The molecular formula is C15H23FN2O2. The standard InChI is InChI=1S/C15H23FN2O2/c1-17(2)20-14-6-4-13(5-7-14)19-15-8-11-18(12-15)10-3-9-16/h4-7,15H,3,8-12H2,1-2H3/t15-/m0/s1. The molecule has 1 heterocycles. The fourth-order valence-electron chi connectivity index (χ4n) is 2.36. The van der Waals surface area contributed by atoms with Gasteiger partial charge in [-0.3, -0.25) is 9.29 Å². The van der Waals surface area contributed by atoms with Gasteiger partial charge < -0.3 is 9.57 Å². The minimum atomic E-state index is -0.241. The number of hydrogen-bond donors (Lipinski definition) is 0. The molecule has 0 aliphatic carbocycles. The summed E-state index contributed by atoms with van der Waals surface area (Å²) in [6.07, 6.45) is 1.82. The van der Waals surface area contributed by atoms with Gasteiger partial charge in [-0.2, -0.15) is 5.06 Å². The van der Waals surface area contributed by atoms with Crippen molar-refractivity contribution in [1.82, 2.24) is 9.96 Å². The van der Waals surface area contributed by atoms with E-state index in [2.05, 4.69) is 4.90 Å². The van der Waals surface area contributed by atoms with E-state index in [1.165, 1.54) is 0 Å². The predicted octanol–water partition coefficient (Wildman–Crippen LogP) is 2.35. The number of ether oxygens (including phenoxy) is 1. The maximum atomic E-state index is 12.1. The van der Waals surface area contributed by atoms with Gasteiger partial charge in [0.1, 0.15) is 17.6 Å². The molecule has 1 aliphatic rings. The second-order valence-corrected chi connectivity index (χ2v) is 5.25. The van der Waals surface area contributed by atoms with Crippen LogP contribution in [0.3, 0.4) is 0 Å². The van der Waals surface area contributed by atoms with E-state index in [1.54, 1.807) is 5.06 Å². The number of hydroxylamine groups is 2. The predicted molar refractivity (Wildman–Crippen MR) is 76.8 cm³/mol. The molecule has 2 rings (SSSR count). The highest BCUT2D eigenvalue weighted by Crippen LogP contribution is 2.22. The van der Waals surface area contributed by atoms with Crippen LogP contribution in [0.25, 0.3) is 0 Å². The fraction of sp³-hybridized carbons (Fsp3) is 0.600. The number of rotatable bonds is 7. The molecule has 0 unspecified atom stereocenters. The topological polar surface area (TPSA) is 24.9 Å². The Morgan fingerprint density at radius 2 is 1.95 bits per heavy atom. The van der Waals surface area contributed by atoms with E-state index in [4.69, 9.17) is 9.57 Å². The van der Waals surface area contributed by atoms with Gasteiger partial charge in [-0.25, -0.2) is 0 Å². The Balaban J connectivity index is 1.79. The molecule has 0 amide bonds. The van der Waals surface area contributed by atoms with Gasteiger partial charge in [0.05, 0.1) is 6.67 Å². The van der Waals surface area contributed by atoms with Crippen molar-refractivity contribution in [2.24, 2.45) is 0 Å². The highest BCUT2D eigenvalue weighted by atomic mass is 19.1. The molecular weight excluding hydrogens is 259 g/mol. The minimum Gasteiger partial charge on any atom is -0.489 e. The van der Waals surface area contributed by atoms with Crippen molar-refractivity contribution in [3.05, 3.63) is 24.3 Å². The maximum Gasteiger partial charge on any atom is 0.147 e. The molecule has 112 valence electrons. The monoisotopic (exact) mass is 282 g/mol. The summed E-state index contributed by atoms with van der Waals surface area (Å²) in [5.74, 6) is 1.65. The fourth-order valence-corrected chi connectivity index (χ4v) is 2.36. The van der Waals surface area contributed by atoms with Gasteiger partial charge in [-0.1, -0.05) is 0 Å². The average molecular weight is 282 g/mol. The smallest absolute Gasteiger partial charge is 0.147 e. The largest absolute Gasteiger partial charge is 0.489 e.